The number of rotatable bonds is 4. The third-order valence-electron chi connectivity index (χ3n) is 3.17. The van der Waals surface area contributed by atoms with Crippen LogP contribution in [0.2, 0.25) is 0 Å². The van der Waals surface area contributed by atoms with Crippen molar-refractivity contribution in [2.75, 3.05) is 0 Å². The molecule has 0 aliphatic rings. The Morgan fingerprint density at radius 3 is 2.77 bits per heavy atom. The van der Waals surface area contributed by atoms with Crippen LogP contribution in [0.25, 0.3) is 10.8 Å². The summed E-state index contributed by atoms with van der Waals surface area (Å²) < 4.78 is 11.0. The van der Waals surface area contributed by atoms with Crippen molar-refractivity contribution in [1.29, 1.82) is 0 Å². The summed E-state index contributed by atoms with van der Waals surface area (Å²) in [5.74, 6) is 0.315. The summed E-state index contributed by atoms with van der Waals surface area (Å²) in [5.41, 5.74) is 1.40. The molecular weight excluding hydrogens is 300 g/mol. The molecule has 0 radical (unpaired) electrons. The Morgan fingerprint density at radius 1 is 1.23 bits per heavy atom. The van der Waals surface area contributed by atoms with Crippen molar-refractivity contribution >= 4 is 17.3 Å². The fourth-order valence-corrected chi connectivity index (χ4v) is 2.62. The van der Waals surface area contributed by atoms with Crippen LogP contribution in [0, 0.1) is 6.92 Å². The maximum Gasteiger partial charge on any atom is 0.339 e. The highest BCUT2D eigenvalue weighted by molar-refractivity contribution is 7.13. The van der Waals surface area contributed by atoms with Crippen LogP contribution in [-0.2, 0) is 4.74 Å². The van der Waals surface area contributed by atoms with Gasteiger partial charge in [0.1, 0.15) is 0 Å². The van der Waals surface area contributed by atoms with Crippen LogP contribution in [0.15, 0.2) is 46.2 Å². The van der Waals surface area contributed by atoms with E-state index in [1.54, 1.807) is 19.1 Å². The first-order valence-corrected chi connectivity index (χ1v) is 7.67. The fraction of sp³-hybridized carbons (Fsp3) is 0.188. The van der Waals surface area contributed by atoms with Gasteiger partial charge in [-0.3, -0.25) is 0 Å². The van der Waals surface area contributed by atoms with E-state index in [0.717, 1.165) is 10.4 Å². The molecule has 0 aliphatic heterocycles. The molecule has 0 fully saturated rings. The SMILES string of the molecule is Cc1ccccc1C(=O)O[C@@H](C)c1nnc(-c2cccs2)o1. The van der Waals surface area contributed by atoms with Gasteiger partial charge in [-0.2, -0.15) is 0 Å². The Hall–Kier alpha value is -2.47. The van der Waals surface area contributed by atoms with Crippen LogP contribution < -0.4 is 0 Å². The number of benzene rings is 1. The Morgan fingerprint density at radius 2 is 2.05 bits per heavy atom. The lowest BCUT2D eigenvalue weighted by molar-refractivity contribution is 0.0279. The number of hydrogen-bond donors (Lipinski definition) is 0. The van der Waals surface area contributed by atoms with E-state index >= 15 is 0 Å². The first kappa shape index (κ1) is 14.5. The Balaban J connectivity index is 1.74. The van der Waals surface area contributed by atoms with Gasteiger partial charge in [-0.25, -0.2) is 4.79 Å². The minimum absolute atomic E-state index is 0.283. The van der Waals surface area contributed by atoms with Gasteiger partial charge in [0.2, 0.25) is 0 Å². The first-order chi connectivity index (χ1) is 10.6. The summed E-state index contributed by atoms with van der Waals surface area (Å²) >= 11 is 1.51. The van der Waals surface area contributed by atoms with Crippen molar-refractivity contribution in [3.63, 3.8) is 0 Å². The molecular formula is C16H14N2O3S. The van der Waals surface area contributed by atoms with Crippen LogP contribution in [0.1, 0.15) is 34.8 Å². The predicted octanol–water partition coefficient (Wildman–Crippen LogP) is 4.02. The molecule has 0 saturated carbocycles. The average Bonchev–Trinajstić information content (AvgIpc) is 3.18. The van der Waals surface area contributed by atoms with Crippen molar-refractivity contribution in [1.82, 2.24) is 10.2 Å². The number of esters is 1. The molecule has 0 amide bonds. The van der Waals surface area contributed by atoms with Crippen molar-refractivity contribution < 1.29 is 13.9 Å². The maximum atomic E-state index is 12.2. The van der Waals surface area contributed by atoms with E-state index in [9.17, 15) is 4.79 Å². The zero-order chi connectivity index (χ0) is 15.5. The lowest BCUT2D eigenvalue weighted by atomic mass is 10.1. The highest BCUT2D eigenvalue weighted by Gasteiger charge is 2.20. The number of nitrogens with zero attached hydrogens (tertiary/aromatic N) is 2. The predicted molar refractivity (Wildman–Crippen MR) is 82.6 cm³/mol. The molecule has 5 nitrogen and oxygen atoms in total. The van der Waals surface area contributed by atoms with Gasteiger partial charge in [0.15, 0.2) is 6.10 Å². The number of aryl methyl sites for hydroxylation is 1. The lowest BCUT2D eigenvalue weighted by Crippen LogP contribution is -2.10. The summed E-state index contributed by atoms with van der Waals surface area (Å²) in [7, 11) is 0. The fourth-order valence-electron chi connectivity index (χ4n) is 1.98. The number of aromatic nitrogens is 2. The highest BCUT2D eigenvalue weighted by Crippen LogP contribution is 2.26. The third-order valence-corrected chi connectivity index (χ3v) is 4.03. The van der Waals surface area contributed by atoms with Gasteiger partial charge in [0, 0.05) is 0 Å². The lowest BCUT2D eigenvalue weighted by Gasteiger charge is -2.10. The second-order valence-corrected chi connectivity index (χ2v) is 5.73. The van der Waals surface area contributed by atoms with Crippen LogP contribution in [0.4, 0.5) is 0 Å². The second kappa shape index (κ2) is 6.11. The number of carbonyl (C=O) groups excluding carboxylic acids is 1. The van der Waals surface area contributed by atoms with E-state index in [0.29, 0.717) is 11.5 Å². The number of carbonyl (C=O) groups is 1. The molecule has 3 rings (SSSR count). The summed E-state index contributed by atoms with van der Waals surface area (Å²) in [5, 5.41) is 9.87. The third kappa shape index (κ3) is 2.92. The van der Waals surface area contributed by atoms with Crippen LogP contribution in [-0.4, -0.2) is 16.2 Å². The molecule has 3 aromatic rings. The molecule has 0 bridgehead atoms. The second-order valence-electron chi connectivity index (χ2n) is 4.79. The first-order valence-electron chi connectivity index (χ1n) is 6.79. The summed E-state index contributed by atoms with van der Waals surface area (Å²) in [6.07, 6.45) is -0.603. The molecule has 0 unspecified atom stereocenters. The Labute approximate surface area is 131 Å². The molecule has 0 spiro atoms. The number of thiophene rings is 1. The van der Waals surface area contributed by atoms with Crippen molar-refractivity contribution in [2.24, 2.45) is 0 Å². The van der Waals surface area contributed by atoms with Gasteiger partial charge in [-0.05, 0) is 36.9 Å². The Kier molecular flexibility index (Phi) is 4.02. The zero-order valence-electron chi connectivity index (χ0n) is 12.1. The zero-order valence-corrected chi connectivity index (χ0v) is 13.0. The smallest absolute Gasteiger partial charge is 0.339 e. The largest absolute Gasteiger partial charge is 0.449 e. The summed E-state index contributed by atoms with van der Waals surface area (Å²) in [6, 6.07) is 11.1. The molecule has 1 atom stereocenters. The van der Waals surface area contributed by atoms with E-state index in [1.165, 1.54) is 11.3 Å². The van der Waals surface area contributed by atoms with Crippen molar-refractivity contribution in [3.05, 3.63) is 58.8 Å². The summed E-state index contributed by atoms with van der Waals surface area (Å²) in [4.78, 5) is 13.1. The Bertz CT molecular complexity index is 780. The van der Waals surface area contributed by atoms with E-state index in [2.05, 4.69) is 10.2 Å². The van der Waals surface area contributed by atoms with Crippen LogP contribution in [0.5, 0.6) is 0 Å². The topological polar surface area (TPSA) is 65.2 Å². The van der Waals surface area contributed by atoms with Crippen LogP contribution in [0.3, 0.4) is 0 Å². The van der Waals surface area contributed by atoms with Gasteiger partial charge in [0.25, 0.3) is 11.8 Å². The van der Waals surface area contributed by atoms with Gasteiger partial charge in [-0.15, -0.1) is 21.5 Å². The molecule has 112 valence electrons. The molecule has 6 heteroatoms. The number of ether oxygens (including phenoxy) is 1. The number of hydrogen-bond acceptors (Lipinski definition) is 6. The quantitative estimate of drug-likeness (QED) is 0.680. The van der Waals surface area contributed by atoms with Gasteiger partial charge in [-0.1, -0.05) is 24.3 Å². The minimum atomic E-state index is -0.603. The summed E-state index contributed by atoms with van der Waals surface area (Å²) in [6.45, 7) is 3.57. The molecule has 1 aromatic carbocycles. The van der Waals surface area contributed by atoms with Gasteiger partial charge >= 0.3 is 5.97 Å². The van der Waals surface area contributed by atoms with Crippen molar-refractivity contribution in [2.45, 2.75) is 20.0 Å². The molecule has 2 heterocycles. The average molecular weight is 314 g/mol. The minimum Gasteiger partial charge on any atom is -0.449 e. The standard InChI is InChI=1S/C16H14N2O3S/c1-10-6-3-4-7-12(10)16(19)20-11(2)14-17-18-15(21-14)13-8-5-9-22-13/h3-9,11H,1-2H3/t11-/m0/s1. The van der Waals surface area contributed by atoms with Gasteiger partial charge < -0.3 is 9.15 Å². The highest BCUT2D eigenvalue weighted by atomic mass is 32.1. The molecule has 22 heavy (non-hydrogen) atoms. The van der Waals surface area contributed by atoms with Crippen molar-refractivity contribution in [3.8, 4) is 10.8 Å². The molecule has 0 aliphatic carbocycles. The molecule has 0 N–H and O–H groups in total. The van der Waals surface area contributed by atoms with Gasteiger partial charge in [0.05, 0.1) is 10.4 Å². The maximum absolute atomic E-state index is 12.2. The normalized spacial score (nSPS) is 12.1. The molecule has 2 aromatic heterocycles. The van der Waals surface area contributed by atoms with E-state index in [1.807, 2.05) is 36.6 Å². The van der Waals surface area contributed by atoms with Crippen LogP contribution >= 0.6 is 11.3 Å². The van der Waals surface area contributed by atoms with E-state index in [-0.39, 0.29) is 5.89 Å². The monoisotopic (exact) mass is 314 g/mol. The van der Waals surface area contributed by atoms with E-state index < -0.39 is 12.1 Å². The molecule has 0 saturated heterocycles. The van der Waals surface area contributed by atoms with E-state index in [4.69, 9.17) is 9.15 Å².